The molecule has 2 rings (SSSR count). The molecular weight excluding hydrogens is 284 g/mol. The zero-order valence-electron chi connectivity index (χ0n) is 13.0. The van der Waals surface area contributed by atoms with Crippen LogP contribution in [0.5, 0.6) is 5.75 Å². The second-order valence-electron chi connectivity index (χ2n) is 5.77. The summed E-state index contributed by atoms with van der Waals surface area (Å²) in [5.74, 6) is 0.416. The highest BCUT2D eigenvalue weighted by molar-refractivity contribution is 5.37. The van der Waals surface area contributed by atoms with Crippen LogP contribution in [0.4, 0.5) is 5.69 Å². The van der Waals surface area contributed by atoms with Gasteiger partial charge in [-0.3, -0.25) is 15.0 Å². The molecule has 0 aromatic heterocycles. The number of non-ortho nitro benzene ring substituents is 1. The second-order valence-corrected chi connectivity index (χ2v) is 5.77. The van der Waals surface area contributed by atoms with E-state index in [-0.39, 0.29) is 12.3 Å². The average molecular weight is 308 g/mol. The Morgan fingerprint density at radius 2 is 2.32 bits per heavy atom. The molecule has 1 fully saturated rings. The van der Waals surface area contributed by atoms with Crippen LogP contribution >= 0.6 is 0 Å². The van der Waals surface area contributed by atoms with Crippen LogP contribution in [0.2, 0.25) is 0 Å². The number of ether oxygens (including phenoxy) is 1. The van der Waals surface area contributed by atoms with E-state index in [4.69, 9.17) is 4.74 Å². The maximum Gasteiger partial charge on any atom is 0.273 e. The van der Waals surface area contributed by atoms with Crippen LogP contribution in [0, 0.1) is 10.1 Å². The van der Waals surface area contributed by atoms with Crippen molar-refractivity contribution in [3.8, 4) is 5.75 Å². The molecule has 6 heteroatoms. The van der Waals surface area contributed by atoms with Crippen LogP contribution < -0.4 is 4.74 Å². The summed E-state index contributed by atoms with van der Waals surface area (Å²) in [6.45, 7) is 3.93. The molecule has 1 aliphatic rings. The fourth-order valence-corrected chi connectivity index (χ4v) is 2.97. The molecule has 0 bridgehead atoms. The number of piperidine rings is 1. The van der Waals surface area contributed by atoms with Crippen molar-refractivity contribution in [3.05, 3.63) is 34.4 Å². The molecule has 0 spiro atoms. The Kier molecular flexibility index (Phi) is 6.15. The summed E-state index contributed by atoms with van der Waals surface area (Å²) < 4.78 is 5.49. The topological polar surface area (TPSA) is 75.8 Å². The van der Waals surface area contributed by atoms with Gasteiger partial charge in [0.05, 0.1) is 11.0 Å². The summed E-state index contributed by atoms with van der Waals surface area (Å²) in [6, 6.07) is 6.58. The molecule has 122 valence electrons. The number of rotatable bonds is 7. The minimum atomic E-state index is -0.591. The molecule has 1 aliphatic heterocycles. The van der Waals surface area contributed by atoms with Gasteiger partial charge in [0.15, 0.2) is 0 Å². The van der Waals surface area contributed by atoms with E-state index in [0.717, 1.165) is 13.0 Å². The number of likely N-dealkylation sites (tertiary alicyclic amines) is 1. The van der Waals surface area contributed by atoms with Crippen LogP contribution in [0.25, 0.3) is 0 Å². The smallest absolute Gasteiger partial charge is 0.273 e. The lowest BCUT2D eigenvalue weighted by molar-refractivity contribution is -0.384. The third-order valence-corrected chi connectivity index (χ3v) is 4.14. The van der Waals surface area contributed by atoms with Crippen LogP contribution in [-0.2, 0) is 0 Å². The molecule has 1 heterocycles. The van der Waals surface area contributed by atoms with E-state index >= 15 is 0 Å². The summed E-state index contributed by atoms with van der Waals surface area (Å²) >= 11 is 0. The Morgan fingerprint density at radius 1 is 1.50 bits per heavy atom. The minimum absolute atomic E-state index is 0.00549. The molecule has 1 saturated heterocycles. The number of nitro benzene ring substituents is 1. The largest absolute Gasteiger partial charge is 0.491 e. The van der Waals surface area contributed by atoms with Gasteiger partial charge in [-0.05, 0) is 31.9 Å². The molecule has 0 amide bonds. The standard InChI is InChI=1S/C16H24N2O4/c1-2-13-6-3-4-9-17(13)11-15(19)12-22-16-8-5-7-14(10-16)18(20)21/h5,7-8,10,13,15,19H,2-4,6,9,11-12H2,1H3. The number of hydrogen-bond donors (Lipinski definition) is 1. The zero-order valence-corrected chi connectivity index (χ0v) is 13.0. The summed E-state index contributed by atoms with van der Waals surface area (Å²) in [4.78, 5) is 12.6. The van der Waals surface area contributed by atoms with E-state index in [2.05, 4.69) is 11.8 Å². The fraction of sp³-hybridized carbons (Fsp3) is 0.625. The maximum atomic E-state index is 10.7. The Bertz CT molecular complexity index is 495. The third-order valence-electron chi connectivity index (χ3n) is 4.14. The monoisotopic (exact) mass is 308 g/mol. The Balaban J connectivity index is 1.83. The first kappa shape index (κ1) is 16.7. The molecule has 2 unspecified atom stereocenters. The summed E-state index contributed by atoms with van der Waals surface area (Å²) in [6.07, 6.45) is 4.13. The SMILES string of the molecule is CCC1CCCCN1CC(O)COc1cccc([N+](=O)[O-])c1. The first-order chi connectivity index (χ1) is 10.6. The van der Waals surface area contributed by atoms with Crippen molar-refractivity contribution < 1.29 is 14.8 Å². The quantitative estimate of drug-likeness (QED) is 0.619. The normalized spacial score (nSPS) is 20.5. The first-order valence-electron chi connectivity index (χ1n) is 7.89. The molecule has 1 aromatic carbocycles. The van der Waals surface area contributed by atoms with Gasteiger partial charge < -0.3 is 9.84 Å². The first-order valence-corrected chi connectivity index (χ1v) is 7.89. The molecule has 1 N–H and O–H groups in total. The molecule has 0 aliphatic carbocycles. The van der Waals surface area contributed by atoms with Gasteiger partial charge in [-0.2, -0.15) is 0 Å². The van der Waals surface area contributed by atoms with E-state index < -0.39 is 11.0 Å². The number of hydrogen-bond acceptors (Lipinski definition) is 5. The number of benzene rings is 1. The summed E-state index contributed by atoms with van der Waals surface area (Å²) in [5.41, 5.74) is -0.00549. The van der Waals surface area contributed by atoms with Crippen molar-refractivity contribution in [3.63, 3.8) is 0 Å². The van der Waals surface area contributed by atoms with Crippen LogP contribution in [0.1, 0.15) is 32.6 Å². The van der Waals surface area contributed by atoms with Gasteiger partial charge in [0.2, 0.25) is 0 Å². The number of nitrogens with zero attached hydrogens (tertiary/aromatic N) is 2. The molecule has 2 atom stereocenters. The average Bonchev–Trinajstić information content (AvgIpc) is 2.53. The predicted molar refractivity (Wildman–Crippen MR) is 84.1 cm³/mol. The zero-order chi connectivity index (χ0) is 15.9. The van der Waals surface area contributed by atoms with Crippen molar-refractivity contribution >= 4 is 5.69 Å². The van der Waals surface area contributed by atoms with Crippen molar-refractivity contribution in [2.45, 2.75) is 44.8 Å². The number of β-amino-alcohol motifs (C(OH)–C–C–N with tert-alkyl or cyclic N) is 1. The highest BCUT2D eigenvalue weighted by Crippen LogP contribution is 2.21. The highest BCUT2D eigenvalue weighted by atomic mass is 16.6. The fourth-order valence-electron chi connectivity index (χ4n) is 2.97. The van der Waals surface area contributed by atoms with Gasteiger partial charge in [-0.25, -0.2) is 0 Å². The maximum absolute atomic E-state index is 10.7. The molecule has 0 radical (unpaired) electrons. The lowest BCUT2D eigenvalue weighted by atomic mass is 10.00. The van der Waals surface area contributed by atoms with Gasteiger partial charge in [-0.15, -0.1) is 0 Å². The van der Waals surface area contributed by atoms with Gasteiger partial charge in [0.25, 0.3) is 5.69 Å². The van der Waals surface area contributed by atoms with Gasteiger partial charge in [0, 0.05) is 18.7 Å². The van der Waals surface area contributed by atoms with Crippen molar-refractivity contribution in [2.75, 3.05) is 19.7 Å². The highest BCUT2D eigenvalue weighted by Gasteiger charge is 2.23. The number of aliphatic hydroxyl groups excluding tert-OH is 1. The summed E-state index contributed by atoms with van der Waals surface area (Å²) in [7, 11) is 0. The van der Waals surface area contributed by atoms with E-state index in [1.54, 1.807) is 12.1 Å². The van der Waals surface area contributed by atoms with Crippen molar-refractivity contribution in [2.24, 2.45) is 0 Å². The molecule has 0 saturated carbocycles. The van der Waals surface area contributed by atoms with E-state index in [1.807, 2.05) is 0 Å². The summed E-state index contributed by atoms with van der Waals surface area (Å²) in [5, 5.41) is 20.9. The third kappa shape index (κ3) is 4.68. The van der Waals surface area contributed by atoms with Crippen LogP contribution in [0.15, 0.2) is 24.3 Å². The second kappa shape index (κ2) is 8.10. The lowest BCUT2D eigenvalue weighted by Gasteiger charge is -2.36. The van der Waals surface area contributed by atoms with Gasteiger partial charge in [-0.1, -0.05) is 19.4 Å². The molecule has 22 heavy (non-hydrogen) atoms. The van der Waals surface area contributed by atoms with E-state index in [0.29, 0.717) is 18.3 Å². The number of nitro groups is 1. The molecular formula is C16H24N2O4. The van der Waals surface area contributed by atoms with Gasteiger partial charge >= 0.3 is 0 Å². The van der Waals surface area contributed by atoms with Crippen molar-refractivity contribution in [1.82, 2.24) is 4.90 Å². The predicted octanol–water partition coefficient (Wildman–Crippen LogP) is 2.60. The van der Waals surface area contributed by atoms with Gasteiger partial charge in [0.1, 0.15) is 18.5 Å². The minimum Gasteiger partial charge on any atom is -0.491 e. The van der Waals surface area contributed by atoms with Crippen LogP contribution in [0.3, 0.4) is 0 Å². The van der Waals surface area contributed by atoms with Crippen LogP contribution in [-0.4, -0.2) is 46.8 Å². The Labute approximate surface area is 130 Å². The molecule has 6 nitrogen and oxygen atoms in total. The van der Waals surface area contributed by atoms with E-state index in [9.17, 15) is 15.2 Å². The Morgan fingerprint density at radius 3 is 3.05 bits per heavy atom. The Hall–Kier alpha value is -1.66. The lowest BCUT2D eigenvalue weighted by Crippen LogP contribution is -2.44. The van der Waals surface area contributed by atoms with E-state index in [1.165, 1.54) is 31.4 Å². The van der Waals surface area contributed by atoms with Crippen molar-refractivity contribution in [1.29, 1.82) is 0 Å². The molecule has 1 aromatic rings. The number of aliphatic hydroxyl groups is 1.